The minimum absolute atomic E-state index is 0.112. The van der Waals surface area contributed by atoms with Gasteiger partial charge in [-0.2, -0.15) is 0 Å². The Bertz CT molecular complexity index is 528. The highest BCUT2D eigenvalue weighted by Crippen LogP contribution is 2.17. The molecule has 6 nitrogen and oxygen atoms in total. The second-order valence-corrected chi connectivity index (χ2v) is 5.86. The summed E-state index contributed by atoms with van der Waals surface area (Å²) >= 11 is 0. The van der Waals surface area contributed by atoms with Crippen molar-refractivity contribution in [3.63, 3.8) is 0 Å². The maximum Gasteiger partial charge on any atom is 0.338 e. The Hall–Kier alpha value is -2.08. The van der Waals surface area contributed by atoms with Crippen LogP contribution in [0.1, 0.15) is 30.6 Å². The SMILES string of the molecule is CC(C)CCOCCOC(=O)c1ccc(N2CCNC2=O)cc1. The minimum Gasteiger partial charge on any atom is -0.460 e. The van der Waals surface area contributed by atoms with Crippen LogP contribution in [0.15, 0.2) is 24.3 Å². The zero-order valence-electron chi connectivity index (χ0n) is 13.7. The zero-order chi connectivity index (χ0) is 16.7. The van der Waals surface area contributed by atoms with Crippen molar-refractivity contribution in [3.8, 4) is 0 Å². The minimum atomic E-state index is -0.380. The van der Waals surface area contributed by atoms with Crippen LogP contribution in [0.25, 0.3) is 0 Å². The van der Waals surface area contributed by atoms with Crippen LogP contribution in [-0.4, -0.2) is 44.9 Å². The fourth-order valence-corrected chi connectivity index (χ4v) is 2.19. The molecule has 1 fully saturated rings. The molecule has 1 N–H and O–H groups in total. The molecule has 2 amide bonds. The first-order valence-corrected chi connectivity index (χ1v) is 7.98. The van der Waals surface area contributed by atoms with E-state index in [1.807, 2.05) is 0 Å². The summed E-state index contributed by atoms with van der Waals surface area (Å²) in [6.45, 7) is 6.88. The molecule has 0 saturated carbocycles. The molecule has 1 aliphatic heterocycles. The molecule has 1 saturated heterocycles. The van der Waals surface area contributed by atoms with Crippen molar-refractivity contribution in [2.24, 2.45) is 5.92 Å². The van der Waals surface area contributed by atoms with E-state index in [0.717, 1.165) is 12.1 Å². The second-order valence-electron chi connectivity index (χ2n) is 5.86. The summed E-state index contributed by atoms with van der Waals surface area (Å²) in [6.07, 6.45) is 0.999. The molecule has 0 spiro atoms. The first-order chi connectivity index (χ1) is 11.1. The van der Waals surface area contributed by atoms with Gasteiger partial charge in [-0.15, -0.1) is 0 Å². The summed E-state index contributed by atoms with van der Waals surface area (Å²) in [5.74, 6) is 0.226. The van der Waals surface area contributed by atoms with Gasteiger partial charge in [-0.1, -0.05) is 13.8 Å². The molecule has 1 heterocycles. The number of amides is 2. The van der Waals surface area contributed by atoms with Crippen molar-refractivity contribution >= 4 is 17.7 Å². The van der Waals surface area contributed by atoms with Crippen molar-refractivity contribution in [1.29, 1.82) is 0 Å². The van der Waals surface area contributed by atoms with Crippen LogP contribution in [0.2, 0.25) is 0 Å². The maximum atomic E-state index is 11.9. The van der Waals surface area contributed by atoms with Gasteiger partial charge in [0, 0.05) is 25.4 Å². The molecule has 1 aromatic carbocycles. The van der Waals surface area contributed by atoms with E-state index in [2.05, 4.69) is 19.2 Å². The maximum absolute atomic E-state index is 11.9. The van der Waals surface area contributed by atoms with E-state index >= 15 is 0 Å². The van der Waals surface area contributed by atoms with Gasteiger partial charge in [-0.3, -0.25) is 4.90 Å². The summed E-state index contributed by atoms with van der Waals surface area (Å²) in [6, 6.07) is 6.73. The number of carbonyl (C=O) groups is 2. The van der Waals surface area contributed by atoms with Gasteiger partial charge < -0.3 is 14.8 Å². The molecule has 0 bridgehead atoms. The first-order valence-electron chi connectivity index (χ1n) is 7.98. The number of nitrogens with zero attached hydrogens (tertiary/aromatic N) is 1. The van der Waals surface area contributed by atoms with Crippen molar-refractivity contribution in [1.82, 2.24) is 5.32 Å². The van der Waals surface area contributed by atoms with E-state index in [-0.39, 0.29) is 18.6 Å². The molecule has 1 aromatic rings. The highest BCUT2D eigenvalue weighted by molar-refractivity contribution is 5.95. The van der Waals surface area contributed by atoms with Crippen LogP contribution in [0.5, 0.6) is 0 Å². The number of benzene rings is 1. The van der Waals surface area contributed by atoms with Crippen LogP contribution < -0.4 is 10.2 Å². The zero-order valence-corrected chi connectivity index (χ0v) is 13.7. The number of anilines is 1. The van der Waals surface area contributed by atoms with Gasteiger partial charge >= 0.3 is 12.0 Å². The van der Waals surface area contributed by atoms with E-state index in [1.165, 1.54) is 0 Å². The number of carbonyl (C=O) groups excluding carboxylic acids is 2. The molecule has 0 unspecified atom stereocenters. The fourth-order valence-electron chi connectivity index (χ4n) is 2.19. The lowest BCUT2D eigenvalue weighted by molar-refractivity contribution is 0.0303. The van der Waals surface area contributed by atoms with Crippen LogP contribution in [-0.2, 0) is 9.47 Å². The molecule has 0 radical (unpaired) electrons. The smallest absolute Gasteiger partial charge is 0.338 e. The third kappa shape index (κ3) is 5.25. The Morgan fingerprint density at radius 1 is 1.22 bits per heavy atom. The lowest BCUT2D eigenvalue weighted by Gasteiger charge is -2.14. The Morgan fingerprint density at radius 2 is 1.96 bits per heavy atom. The van der Waals surface area contributed by atoms with E-state index < -0.39 is 0 Å². The van der Waals surface area contributed by atoms with Gasteiger partial charge in [0.05, 0.1) is 12.2 Å². The number of ether oxygens (including phenoxy) is 2. The Balaban J connectivity index is 1.73. The van der Waals surface area contributed by atoms with Gasteiger partial charge in [0.2, 0.25) is 0 Å². The monoisotopic (exact) mass is 320 g/mol. The Morgan fingerprint density at radius 3 is 2.57 bits per heavy atom. The van der Waals surface area contributed by atoms with Crippen LogP contribution >= 0.6 is 0 Å². The summed E-state index contributed by atoms with van der Waals surface area (Å²) in [5, 5.41) is 2.74. The first kappa shape index (κ1) is 17.3. The predicted octanol–water partition coefficient (Wildman–Crippen LogP) is 2.44. The average molecular weight is 320 g/mol. The third-order valence-corrected chi connectivity index (χ3v) is 3.57. The second kappa shape index (κ2) is 8.53. The molecular formula is C17H24N2O4. The van der Waals surface area contributed by atoms with Crippen molar-refractivity contribution in [2.75, 3.05) is 37.8 Å². The van der Waals surface area contributed by atoms with Gasteiger partial charge in [0.25, 0.3) is 0 Å². The molecule has 2 rings (SSSR count). The third-order valence-electron chi connectivity index (χ3n) is 3.57. The standard InChI is InChI=1S/C17H24N2O4/c1-13(2)7-10-22-11-12-23-16(20)14-3-5-15(6-4-14)19-9-8-18-17(19)21/h3-6,13H,7-12H2,1-2H3,(H,18,21). The number of hydrogen-bond acceptors (Lipinski definition) is 4. The van der Waals surface area contributed by atoms with Gasteiger partial charge in [-0.05, 0) is 36.6 Å². The van der Waals surface area contributed by atoms with Crippen molar-refractivity contribution in [2.45, 2.75) is 20.3 Å². The largest absolute Gasteiger partial charge is 0.460 e. The number of esters is 1. The summed E-state index contributed by atoms with van der Waals surface area (Å²) in [5.41, 5.74) is 1.24. The lowest BCUT2D eigenvalue weighted by atomic mass is 10.1. The molecule has 6 heteroatoms. The molecular weight excluding hydrogens is 296 g/mol. The fraction of sp³-hybridized carbons (Fsp3) is 0.529. The molecule has 126 valence electrons. The molecule has 23 heavy (non-hydrogen) atoms. The van der Waals surface area contributed by atoms with E-state index in [4.69, 9.17) is 9.47 Å². The number of rotatable bonds is 8. The van der Waals surface area contributed by atoms with Crippen LogP contribution in [0.3, 0.4) is 0 Å². The number of hydrogen-bond donors (Lipinski definition) is 1. The molecule has 0 aliphatic carbocycles. The highest BCUT2D eigenvalue weighted by Gasteiger charge is 2.21. The molecule has 0 aromatic heterocycles. The Kier molecular flexibility index (Phi) is 6.40. The normalized spacial score (nSPS) is 14.2. The van der Waals surface area contributed by atoms with E-state index in [1.54, 1.807) is 29.2 Å². The summed E-state index contributed by atoms with van der Waals surface area (Å²) < 4.78 is 10.6. The number of nitrogens with one attached hydrogen (secondary N) is 1. The lowest BCUT2D eigenvalue weighted by Crippen LogP contribution is -2.27. The predicted molar refractivity (Wildman–Crippen MR) is 87.7 cm³/mol. The van der Waals surface area contributed by atoms with Crippen molar-refractivity contribution in [3.05, 3.63) is 29.8 Å². The number of urea groups is 1. The van der Waals surface area contributed by atoms with Crippen molar-refractivity contribution < 1.29 is 19.1 Å². The van der Waals surface area contributed by atoms with Gasteiger partial charge in [0.1, 0.15) is 6.61 Å². The molecule has 0 atom stereocenters. The molecule has 1 aliphatic rings. The van der Waals surface area contributed by atoms with E-state index in [9.17, 15) is 9.59 Å². The highest BCUT2D eigenvalue weighted by atomic mass is 16.6. The average Bonchev–Trinajstić information content (AvgIpc) is 2.96. The van der Waals surface area contributed by atoms with Crippen LogP contribution in [0.4, 0.5) is 10.5 Å². The van der Waals surface area contributed by atoms with E-state index in [0.29, 0.717) is 37.8 Å². The van der Waals surface area contributed by atoms with Crippen LogP contribution in [0, 0.1) is 5.92 Å². The summed E-state index contributed by atoms with van der Waals surface area (Å²) in [4.78, 5) is 25.1. The van der Waals surface area contributed by atoms with Gasteiger partial charge in [-0.25, -0.2) is 9.59 Å². The summed E-state index contributed by atoms with van der Waals surface area (Å²) in [7, 11) is 0. The Labute approximate surface area is 136 Å². The quantitative estimate of drug-likeness (QED) is 0.590. The topological polar surface area (TPSA) is 67.9 Å². The van der Waals surface area contributed by atoms with Gasteiger partial charge in [0.15, 0.2) is 0 Å².